The van der Waals surface area contributed by atoms with Gasteiger partial charge in [0.25, 0.3) is 0 Å². The number of rotatable bonds is 6. The lowest BCUT2D eigenvalue weighted by Gasteiger charge is -2.17. The van der Waals surface area contributed by atoms with E-state index in [9.17, 15) is 14.4 Å². The van der Waals surface area contributed by atoms with Gasteiger partial charge >= 0.3 is 0 Å². The van der Waals surface area contributed by atoms with Crippen LogP contribution in [0.4, 0.5) is 0 Å². The van der Waals surface area contributed by atoms with Gasteiger partial charge < -0.3 is 15.5 Å². The highest BCUT2D eigenvalue weighted by Gasteiger charge is 2.34. The number of hydrogen-bond acceptors (Lipinski definition) is 3. The molecule has 0 saturated carbocycles. The summed E-state index contributed by atoms with van der Waals surface area (Å²) in [5.41, 5.74) is 2.22. The minimum absolute atomic E-state index is 0.0256. The quantitative estimate of drug-likeness (QED) is 0.816. The predicted octanol–water partition coefficient (Wildman–Crippen LogP) is 0.984. The van der Waals surface area contributed by atoms with Gasteiger partial charge in [0.2, 0.25) is 17.7 Å². The number of likely N-dealkylation sites (tertiary alicyclic amines) is 1. The maximum Gasteiger partial charge on any atom is 0.239 e. The van der Waals surface area contributed by atoms with Crippen molar-refractivity contribution in [3.8, 4) is 0 Å². The van der Waals surface area contributed by atoms with E-state index in [1.54, 1.807) is 4.90 Å². The summed E-state index contributed by atoms with van der Waals surface area (Å²) in [4.78, 5) is 37.5. The van der Waals surface area contributed by atoms with Crippen LogP contribution in [0.3, 0.4) is 0 Å². The van der Waals surface area contributed by atoms with Crippen molar-refractivity contribution < 1.29 is 14.4 Å². The number of nitrogens with one attached hydrogen (secondary N) is 2. The van der Waals surface area contributed by atoms with Gasteiger partial charge in [0, 0.05) is 25.6 Å². The zero-order valence-corrected chi connectivity index (χ0v) is 14.5. The molecular weight excluding hydrogens is 306 g/mol. The van der Waals surface area contributed by atoms with Crippen LogP contribution in [0.2, 0.25) is 0 Å². The lowest BCUT2D eigenvalue weighted by Crippen LogP contribution is -2.42. The molecule has 1 aliphatic heterocycles. The zero-order chi connectivity index (χ0) is 17.7. The van der Waals surface area contributed by atoms with Gasteiger partial charge in [-0.2, -0.15) is 0 Å². The molecule has 0 spiro atoms. The molecule has 1 heterocycles. The van der Waals surface area contributed by atoms with Gasteiger partial charge in [0.05, 0.1) is 12.5 Å². The van der Waals surface area contributed by atoms with Crippen LogP contribution in [0.5, 0.6) is 0 Å². The van der Waals surface area contributed by atoms with E-state index in [0.717, 1.165) is 5.56 Å². The van der Waals surface area contributed by atoms with Crippen molar-refractivity contribution in [2.24, 2.45) is 5.92 Å². The van der Waals surface area contributed by atoms with Gasteiger partial charge in [-0.15, -0.1) is 0 Å². The molecule has 1 saturated heterocycles. The Morgan fingerprint density at radius 1 is 1.25 bits per heavy atom. The predicted molar refractivity (Wildman–Crippen MR) is 91.0 cm³/mol. The molecule has 1 aromatic rings. The molecule has 2 rings (SSSR count). The van der Waals surface area contributed by atoms with E-state index in [2.05, 4.69) is 10.6 Å². The van der Waals surface area contributed by atoms with Crippen LogP contribution in [0.15, 0.2) is 24.3 Å². The molecule has 0 aromatic heterocycles. The Kier molecular flexibility index (Phi) is 5.95. The van der Waals surface area contributed by atoms with Gasteiger partial charge in [0.15, 0.2) is 0 Å². The Morgan fingerprint density at radius 3 is 2.54 bits per heavy atom. The van der Waals surface area contributed by atoms with Crippen LogP contribution in [0.25, 0.3) is 0 Å². The summed E-state index contributed by atoms with van der Waals surface area (Å²) in [7, 11) is 0. The SMILES string of the molecule is Cc1ccc(CN2CC(C(=O)NCC(=O)NC(C)C)CC2=O)cc1. The molecular formula is C18H25N3O3. The topological polar surface area (TPSA) is 78.5 Å². The summed E-state index contributed by atoms with van der Waals surface area (Å²) in [6.07, 6.45) is 0.198. The Bertz CT molecular complexity index is 610. The molecule has 0 bridgehead atoms. The smallest absolute Gasteiger partial charge is 0.239 e. The van der Waals surface area contributed by atoms with Crippen LogP contribution < -0.4 is 10.6 Å². The molecule has 3 amide bonds. The van der Waals surface area contributed by atoms with E-state index in [1.165, 1.54) is 5.56 Å². The maximum atomic E-state index is 12.2. The fourth-order valence-corrected chi connectivity index (χ4v) is 2.70. The standard InChI is InChI=1S/C18H25N3O3/c1-12(2)20-16(22)9-19-18(24)15-8-17(23)21(11-15)10-14-6-4-13(3)5-7-14/h4-7,12,15H,8-11H2,1-3H3,(H,19,24)(H,20,22). The molecule has 2 N–H and O–H groups in total. The normalized spacial score (nSPS) is 17.2. The van der Waals surface area contributed by atoms with Crippen molar-refractivity contribution in [1.29, 1.82) is 0 Å². The number of carbonyl (C=O) groups is 3. The van der Waals surface area contributed by atoms with Crippen LogP contribution >= 0.6 is 0 Å². The van der Waals surface area contributed by atoms with Gasteiger partial charge in [-0.1, -0.05) is 29.8 Å². The van der Waals surface area contributed by atoms with Crippen LogP contribution in [-0.2, 0) is 20.9 Å². The highest BCUT2D eigenvalue weighted by atomic mass is 16.2. The van der Waals surface area contributed by atoms with Gasteiger partial charge in [-0.25, -0.2) is 0 Å². The van der Waals surface area contributed by atoms with Crippen molar-refractivity contribution in [1.82, 2.24) is 15.5 Å². The third-order valence-electron chi connectivity index (χ3n) is 3.95. The fourth-order valence-electron chi connectivity index (χ4n) is 2.70. The average Bonchev–Trinajstić information content (AvgIpc) is 2.87. The monoisotopic (exact) mass is 331 g/mol. The second-order valence-electron chi connectivity index (χ2n) is 6.60. The van der Waals surface area contributed by atoms with Crippen molar-refractivity contribution in [2.45, 2.75) is 39.8 Å². The Morgan fingerprint density at radius 2 is 1.92 bits per heavy atom. The van der Waals surface area contributed by atoms with Crippen molar-refractivity contribution in [3.05, 3.63) is 35.4 Å². The molecule has 1 atom stereocenters. The lowest BCUT2D eigenvalue weighted by molar-refractivity contribution is -0.129. The minimum Gasteiger partial charge on any atom is -0.352 e. The Hall–Kier alpha value is -2.37. The summed E-state index contributed by atoms with van der Waals surface area (Å²) in [5, 5.41) is 5.32. The molecule has 0 radical (unpaired) electrons. The average molecular weight is 331 g/mol. The highest BCUT2D eigenvalue weighted by molar-refractivity contribution is 5.91. The fraction of sp³-hybridized carbons (Fsp3) is 0.500. The van der Waals surface area contributed by atoms with E-state index >= 15 is 0 Å². The molecule has 6 nitrogen and oxygen atoms in total. The first-order chi connectivity index (χ1) is 11.3. The van der Waals surface area contributed by atoms with Crippen molar-refractivity contribution >= 4 is 17.7 Å². The second-order valence-corrected chi connectivity index (χ2v) is 6.60. The number of aryl methyl sites for hydroxylation is 1. The number of nitrogens with zero attached hydrogens (tertiary/aromatic N) is 1. The zero-order valence-electron chi connectivity index (χ0n) is 14.5. The van der Waals surface area contributed by atoms with E-state index in [-0.39, 0.29) is 36.7 Å². The molecule has 1 aromatic carbocycles. The first kappa shape index (κ1) is 18.0. The molecule has 24 heavy (non-hydrogen) atoms. The summed E-state index contributed by atoms with van der Waals surface area (Å²) >= 11 is 0. The van der Waals surface area contributed by atoms with Crippen LogP contribution in [0.1, 0.15) is 31.4 Å². The lowest BCUT2D eigenvalue weighted by atomic mass is 10.1. The largest absolute Gasteiger partial charge is 0.352 e. The number of benzene rings is 1. The minimum atomic E-state index is -0.394. The maximum absolute atomic E-state index is 12.2. The molecule has 1 aliphatic rings. The highest BCUT2D eigenvalue weighted by Crippen LogP contribution is 2.20. The Labute approximate surface area is 142 Å². The number of hydrogen-bond donors (Lipinski definition) is 2. The van der Waals surface area contributed by atoms with Crippen LogP contribution in [0, 0.1) is 12.8 Å². The van der Waals surface area contributed by atoms with Crippen molar-refractivity contribution in [3.63, 3.8) is 0 Å². The van der Waals surface area contributed by atoms with E-state index in [1.807, 2.05) is 45.0 Å². The summed E-state index contributed by atoms with van der Waals surface area (Å²) < 4.78 is 0. The first-order valence-electron chi connectivity index (χ1n) is 8.25. The van der Waals surface area contributed by atoms with Crippen molar-refractivity contribution in [2.75, 3.05) is 13.1 Å². The molecule has 0 aliphatic carbocycles. The van der Waals surface area contributed by atoms with Gasteiger partial charge in [0.1, 0.15) is 0 Å². The summed E-state index contributed by atoms with van der Waals surface area (Å²) in [6.45, 7) is 6.58. The molecule has 1 unspecified atom stereocenters. The summed E-state index contributed by atoms with van der Waals surface area (Å²) in [6, 6.07) is 8.03. The van der Waals surface area contributed by atoms with Gasteiger partial charge in [-0.3, -0.25) is 14.4 Å². The summed E-state index contributed by atoms with van der Waals surface area (Å²) in [5.74, 6) is -0.884. The van der Waals surface area contributed by atoms with Gasteiger partial charge in [-0.05, 0) is 26.3 Å². The van der Waals surface area contributed by atoms with E-state index < -0.39 is 5.92 Å². The Balaban J connectivity index is 1.83. The number of amides is 3. The first-order valence-corrected chi connectivity index (χ1v) is 8.25. The van der Waals surface area contributed by atoms with E-state index in [4.69, 9.17) is 0 Å². The van der Waals surface area contributed by atoms with E-state index in [0.29, 0.717) is 13.1 Å². The molecule has 130 valence electrons. The molecule has 6 heteroatoms. The number of carbonyl (C=O) groups excluding carboxylic acids is 3. The third-order valence-corrected chi connectivity index (χ3v) is 3.95. The molecule has 1 fully saturated rings. The second kappa shape index (κ2) is 7.95. The third kappa shape index (κ3) is 5.08. The van der Waals surface area contributed by atoms with Crippen LogP contribution in [-0.4, -0.2) is 41.8 Å².